The predicted molar refractivity (Wildman–Crippen MR) is 74.8 cm³/mol. The molecule has 1 fully saturated rings. The standard InChI is InChI=1S/C15H18N2O2/c1-11-9-15(17-5-7-19-8-6-17)16-14-4-3-12(18-2)10-13(11)14/h3-4,9-10H,5-8H2,1-2H3/p+1. The molecule has 1 aromatic carbocycles. The fraction of sp³-hybridized carbons (Fsp3) is 0.400. The van der Waals surface area contributed by atoms with Crippen LogP contribution in [0, 0.1) is 6.92 Å². The van der Waals surface area contributed by atoms with Crippen molar-refractivity contribution in [1.82, 2.24) is 0 Å². The largest absolute Gasteiger partial charge is 0.497 e. The number of methoxy groups -OCH3 is 1. The van der Waals surface area contributed by atoms with Crippen molar-refractivity contribution < 1.29 is 14.5 Å². The van der Waals surface area contributed by atoms with E-state index in [0.717, 1.165) is 37.6 Å². The van der Waals surface area contributed by atoms with Gasteiger partial charge in [-0.25, -0.2) is 4.98 Å². The molecule has 0 radical (unpaired) electrons. The molecule has 0 unspecified atom stereocenters. The molecular weight excluding hydrogens is 240 g/mol. The van der Waals surface area contributed by atoms with E-state index in [9.17, 15) is 0 Å². The van der Waals surface area contributed by atoms with Gasteiger partial charge in [-0.15, -0.1) is 0 Å². The number of morpholine rings is 1. The highest BCUT2D eigenvalue weighted by atomic mass is 16.5. The summed E-state index contributed by atoms with van der Waals surface area (Å²) in [5.74, 6) is 2.06. The third kappa shape index (κ3) is 2.36. The molecule has 1 saturated heterocycles. The van der Waals surface area contributed by atoms with Gasteiger partial charge in [-0.1, -0.05) is 0 Å². The topological polar surface area (TPSA) is 35.8 Å². The lowest BCUT2D eigenvalue weighted by Crippen LogP contribution is -2.39. The van der Waals surface area contributed by atoms with Crippen LogP contribution in [0.5, 0.6) is 5.75 Å². The molecule has 3 rings (SSSR count). The Labute approximate surface area is 113 Å². The first-order chi connectivity index (χ1) is 9.28. The van der Waals surface area contributed by atoms with Gasteiger partial charge in [0.25, 0.3) is 5.82 Å². The average molecular weight is 259 g/mol. The Balaban J connectivity index is 2.03. The van der Waals surface area contributed by atoms with E-state index in [4.69, 9.17) is 9.47 Å². The molecule has 100 valence electrons. The summed E-state index contributed by atoms with van der Waals surface area (Å²) in [5.41, 5.74) is 2.40. The SMILES string of the molecule is COc1ccc2[nH+]c(N3CCOCC3)cc(C)c2c1. The van der Waals surface area contributed by atoms with Gasteiger partial charge in [0.1, 0.15) is 24.4 Å². The van der Waals surface area contributed by atoms with Crippen LogP contribution < -0.4 is 14.6 Å². The van der Waals surface area contributed by atoms with Crippen molar-refractivity contribution in [2.75, 3.05) is 38.3 Å². The Hall–Kier alpha value is -1.81. The second kappa shape index (κ2) is 5.05. The number of aromatic nitrogens is 1. The van der Waals surface area contributed by atoms with Gasteiger partial charge < -0.3 is 9.47 Å². The first-order valence-electron chi connectivity index (χ1n) is 6.61. The number of nitrogens with zero attached hydrogens (tertiary/aromatic N) is 1. The van der Waals surface area contributed by atoms with Crippen LogP contribution >= 0.6 is 0 Å². The summed E-state index contributed by atoms with van der Waals surface area (Å²) >= 11 is 0. The van der Waals surface area contributed by atoms with E-state index >= 15 is 0 Å². The lowest BCUT2D eigenvalue weighted by molar-refractivity contribution is -0.331. The fourth-order valence-electron chi connectivity index (χ4n) is 2.52. The number of nitrogens with one attached hydrogen (secondary N) is 1. The number of H-pyrrole nitrogens is 1. The minimum atomic E-state index is 0.799. The van der Waals surface area contributed by atoms with Crippen molar-refractivity contribution in [2.45, 2.75) is 6.92 Å². The number of aromatic amines is 1. The van der Waals surface area contributed by atoms with Crippen LogP contribution in [0.15, 0.2) is 24.3 Å². The van der Waals surface area contributed by atoms with Gasteiger partial charge in [0.05, 0.1) is 20.3 Å². The molecule has 0 spiro atoms. The van der Waals surface area contributed by atoms with Crippen molar-refractivity contribution in [3.05, 3.63) is 29.8 Å². The van der Waals surface area contributed by atoms with Crippen molar-refractivity contribution in [3.63, 3.8) is 0 Å². The molecule has 4 heteroatoms. The second-order valence-corrected chi connectivity index (χ2v) is 4.85. The predicted octanol–water partition coefficient (Wildman–Crippen LogP) is 1.81. The number of benzene rings is 1. The number of fused-ring (bicyclic) bond motifs is 1. The Kier molecular flexibility index (Phi) is 3.25. The third-order valence-corrected chi connectivity index (χ3v) is 3.62. The number of hydrogen-bond acceptors (Lipinski definition) is 3. The lowest BCUT2D eigenvalue weighted by Gasteiger charge is -2.21. The summed E-state index contributed by atoms with van der Waals surface area (Å²) in [7, 11) is 1.70. The molecular formula is C15H19N2O2+. The van der Waals surface area contributed by atoms with E-state index in [-0.39, 0.29) is 0 Å². The zero-order chi connectivity index (χ0) is 13.2. The van der Waals surface area contributed by atoms with E-state index in [1.165, 1.54) is 16.8 Å². The maximum Gasteiger partial charge on any atom is 0.275 e. The number of ether oxygens (including phenoxy) is 2. The highest BCUT2D eigenvalue weighted by Gasteiger charge is 2.20. The second-order valence-electron chi connectivity index (χ2n) is 4.85. The zero-order valence-electron chi connectivity index (χ0n) is 11.4. The molecule has 0 amide bonds. The van der Waals surface area contributed by atoms with Crippen molar-refractivity contribution in [1.29, 1.82) is 0 Å². The molecule has 1 aromatic heterocycles. The maximum atomic E-state index is 5.40. The summed E-state index contributed by atoms with van der Waals surface area (Å²) in [5, 5.41) is 1.20. The van der Waals surface area contributed by atoms with Gasteiger partial charge in [0.2, 0.25) is 0 Å². The van der Waals surface area contributed by atoms with Gasteiger partial charge in [-0.05, 0) is 30.7 Å². The van der Waals surface area contributed by atoms with Crippen LogP contribution in [-0.4, -0.2) is 33.4 Å². The van der Waals surface area contributed by atoms with Crippen LogP contribution in [0.25, 0.3) is 10.9 Å². The summed E-state index contributed by atoms with van der Waals surface area (Å²) in [6, 6.07) is 8.34. The minimum Gasteiger partial charge on any atom is -0.497 e. The van der Waals surface area contributed by atoms with Crippen LogP contribution in [0.4, 0.5) is 5.82 Å². The molecule has 0 aliphatic carbocycles. The van der Waals surface area contributed by atoms with E-state index in [2.05, 4.69) is 35.0 Å². The third-order valence-electron chi connectivity index (χ3n) is 3.62. The first-order valence-corrected chi connectivity index (χ1v) is 6.61. The molecule has 1 aliphatic heterocycles. The van der Waals surface area contributed by atoms with Gasteiger partial charge in [0, 0.05) is 11.5 Å². The molecule has 2 heterocycles. The number of hydrogen-bond donors (Lipinski definition) is 0. The lowest BCUT2D eigenvalue weighted by atomic mass is 10.1. The fourth-order valence-corrected chi connectivity index (χ4v) is 2.52. The van der Waals surface area contributed by atoms with E-state index in [0.29, 0.717) is 0 Å². The molecule has 4 nitrogen and oxygen atoms in total. The zero-order valence-corrected chi connectivity index (χ0v) is 11.4. The molecule has 0 bridgehead atoms. The van der Waals surface area contributed by atoms with E-state index < -0.39 is 0 Å². The van der Waals surface area contributed by atoms with Crippen LogP contribution in [0.3, 0.4) is 0 Å². The van der Waals surface area contributed by atoms with Crippen molar-refractivity contribution in [2.24, 2.45) is 0 Å². The van der Waals surface area contributed by atoms with Crippen molar-refractivity contribution >= 4 is 16.7 Å². The average Bonchev–Trinajstić information content (AvgIpc) is 2.48. The Bertz CT molecular complexity index is 592. The van der Waals surface area contributed by atoms with Crippen LogP contribution in [0.2, 0.25) is 0 Å². The smallest absolute Gasteiger partial charge is 0.275 e. The molecule has 1 aliphatic rings. The molecule has 19 heavy (non-hydrogen) atoms. The first kappa shape index (κ1) is 12.2. The highest BCUT2D eigenvalue weighted by molar-refractivity contribution is 5.81. The van der Waals surface area contributed by atoms with Crippen LogP contribution in [0.1, 0.15) is 5.56 Å². The Morgan fingerprint density at radius 1 is 1.21 bits per heavy atom. The highest BCUT2D eigenvalue weighted by Crippen LogP contribution is 2.23. The van der Waals surface area contributed by atoms with Gasteiger partial charge in [0.15, 0.2) is 0 Å². The number of pyridine rings is 1. The summed E-state index contributed by atoms with van der Waals surface area (Å²) in [6.45, 7) is 5.62. The quantitative estimate of drug-likeness (QED) is 0.825. The normalized spacial score (nSPS) is 15.8. The summed E-state index contributed by atoms with van der Waals surface area (Å²) in [4.78, 5) is 5.84. The van der Waals surface area contributed by atoms with E-state index in [1.807, 2.05) is 6.07 Å². The van der Waals surface area contributed by atoms with Gasteiger partial charge in [-0.3, -0.25) is 4.90 Å². The molecule has 1 N–H and O–H groups in total. The van der Waals surface area contributed by atoms with Crippen LogP contribution in [-0.2, 0) is 4.74 Å². The molecule has 0 atom stereocenters. The number of rotatable bonds is 2. The summed E-state index contributed by atoms with van der Waals surface area (Å²) < 4.78 is 10.7. The van der Waals surface area contributed by atoms with Crippen molar-refractivity contribution in [3.8, 4) is 5.75 Å². The van der Waals surface area contributed by atoms with E-state index in [1.54, 1.807) is 7.11 Å². The summed E-state index contributed by atoms with van der Waals surface area (Å²) in [6.07, 6.45) is 0. The van der Waals surface area contributed by atoms with Gasteiger partial charge >= 0.3 is 0 Å². The molecule has 2 aromatic rings. The Morgan fingerprint density at radius 2 is 2.00 bits per heavy atom. The number of aryl methyl sites for hydroxylation is 1. The monoisotopic (exact) mass is 259 g/mol. The minimum absolute atomic E-state index is 0.799. The van der Waals surface area contributed by atoms with Gasteiger partial charge in [-0.2, -0.15) is 0 Å². The molecule has 0 saturated carbocycles. The number of anilines is 1. The maximum absolute atomic E-state index is 5.40. The Morgan fingerprint density at radius 3 is 2.74 bits per heavy atom.